The number of hydrogen-bond acceptors (Lipinski definition) is 3. The second-order valence-corrected chi connectivity index (χ2v) is 7.89. The lowest BCUT2D eigenvalue weighted by Gasteiger charge is -2.34. The van der Waals surface area contributed by atoms with Crippen LogP contribution >= 0.6 is 0 Å². The van der Waals surface area contributed by atoms with Gasteiger partial charge >= 0.3 is 0 Å². The first-order valence-electron chi connectivity index (χ1n) is 7.44. The molecule has 22 heavy (non-hydrogen) atoms. The molecule has 2 fully saturated rings. The number of rotatable bonds is 3. The van der Waals surface area contributed by atoms with Crippen molar-refractivity contribution in [2.75, 3.05) is 26.2 Å². The average molecular weight is 326 g/mol. The van der Waals surface area contributed by atoms with Gasteiger partial charge in [0.25, 0.3) is 0 Å². The molecule has 0 bridgehead atoms. The van der Waals surface area contributed by atoms with Gasteiger partial charge in [-0.2, -0.15) is 4.31 Å². The van der Waals surface area contributed by atoms with Crippen molar-refractivity contribution in [3.63, 3.8) is 0 Å². The van der Waals surface area contributed by atoms with Crippen LogP contribution in [0.1, 0.15) is 13.3 Å². The summed E-state index contributed by atoms with van der Waals surface area (Å²) in [6, 6.07) is 5.38. The Bertz CT molecular complexity index is 684. The maximum Gasteiger partial charge on any atom is 0.246 e. The number of hydrogen-bond donors (Lipinski definition) is 0. The molecule has 2 atom stereocenters. The summed E-state index contributed by atoms with van der Waals surface area (Å²) in [5, 5.41) is 0. The summed E-state index contributed by atoms with van der Waals surface area (Å²) in [5.74, 6) is -0.0781. The highest BCUT2D eigenvalue weighted by atomic mass is 32.2. The van der Waals surface area contributed by atoms with Gasteiger partial charge < -0.3 is 4.90 Å². The zero-order valence-corrected chi connectivity index (χ0v) is 13.2. The first kappa shape index (κ1) is 15.4. The molecule has 1 aromatic rings. The maximum atomic E-state index is 13.7. The lowest BCUT2D eigenvalue weighted by atomic mass is 10.2. The third-order valence-corrected chi connectivity index (χ3v) is 6.36. The Labute approximate surface area is 129 Å². The van der Waals surface area contributed by atoms with Gasteiger partial charge in [-0.3, -0.25) is 4.79 Å². The molecule has 1 saturated heterocycles. The first-order chi connectivity index (χ1) is 10.4. The van der Waals surface area contributed by atoms with Crippen molar-refractivity contribution in [3.8, 4) is 0 Å². The molecule has 0 aromatic heterocycles. The zero-order valence-electron chi connectivity index (χ0n) is 12.4. The van der Waals surface area contributed by atoms with E-state index in [1.165, 1.54) is 22.5 Å². The second-order valence-electron chi connectivity index (χ2n) is 5.98. The van der Waals surface area contributed by atoms with Crippen molar-refractivity contribution >= 4 is 15.9 Å². The van der Waals surface area contributed by atoms with E-state index in [0.29, 0.717) is 19.0 Å². The SMILES string of the molecule is CC1CC1C(=O)N1CCN(S(=O)(=O)c2ccccc2F)CC1. The van der Waals surface area contributed by atoms with Crippen molar-refractivity contribution in [1.29, 1.82) is 0 Å². The maximum absolute atomic E-state index is 13.7. The third kappa shape index (κ3) is 2.75. The minimum absolute atomic E-state index is 0.106. The van der Waals surface area contributed by atoms with Gasteiger partial charge in [0.15, 0.2) is 0 Å². The van der Waals surface area contributed by atoms with Crippen LogP contribution in [0, 0.1) is 17.7 Å². The minimum Gasteiger partial charge on any atom is -0.340 e. The van der Waals surface area contributed by atoms with Gasteiger partial charge in [-0.1, -0.05) is 19.1 Å². The smallest absolute Gasteiger partial charge is 0.246 e. The molecule has 1 aromatic carbocycles. The molecular weight excluding hydrogens is 307 g/mol. The predicted octanol–water partition coefficient (Wildman–Crippen LogP) is 1.31. The van der Waals surface area contributed by atoms with E-state index in [-0.39, 0.29) is 29.8 Å². The molecule has 0 radical (unpaired) electrons. The molecule has 1 heterocycles. The van der Waals surface area contributed by atoms with Crippen LogP contribution in [0.5, 0.6) is 0 Å². The Hall–Kier alpha value is -1.47. The summed E-state index contributed by atoms with van der Waals surface area (Å²) in [5.41, 5.74) is 0. The first-order valence-corrected chi connectivity index (χ1v) is 8.88. The van der Waals surface area contributed by atoms with Crippen LogP contribution in [0.15, 0.2) is 29.2 Å². The van der Waals surface area contributed by atoms with Gasteiger partial charge in [0, 0.05) is 32.1 Å². The number of halogens is 1. The molecule has 1 amide bonds. The molecule has 3 rings (SSSR count). The van der Waals surface area contributed by atoms with Crippen molar-refractivity contribution in [1.82, 2.24) is 9.21 Å². The normalized spacial score (nSPS) is 26.0. The third-order valence-electron chi connectivity index (χ3n) is 4.43. The number of carbonyl (C=O) groups excluding carboxylic acids is 1. The molecule has 2 unspecified atom stereocenters. The van der Waals surface area contributed by atoms with Crippen molar-refractivity contribution in [2.24, 2.45) is 11.8 Å². The highest BCUT2D eigenvalue weighted by Gasteiger charge is 2.42. The number of sulfonamides is 1. The fourth-order valence-electron chi connectivity index (χ4n) is 2.84. The fourth-order valence-corrected chi connectivity index (χ4v) is 4.33. The van der Waals surface area contributed by atoms with Gasteiger partial charge in [0.1, 0.15) is 10.7 Å². The minimum atomic E-state index is -3.84. The number of carbonyl (C=O) groups is 1. The molecule has 1 saturated carbocycles. The molecule has 5 nitrogen and oxygen atoms in total. The Balaban J connectivity index is 1.68. The van der Waals surface area contributed by atoms with Crippen LogP contribution in [0.2, 0.25) is 0 Å². The van der Waals surface area contributed by atoms with Gasteiger partial charge in [-0.15, -0.1) is 0 Å². The van der Waals surface area contributed by atoms with Crippen LogP contribution in [-0.2, 0) is 14.8 Å². The number of piperazine rings is 1. The number of nitrogens with zero attached hydrogens (tertiary/aromatic N) is 2. The Morgan fingerprint density at radius 2 is 1.77 bits per heavy atom. The topological polar surface area (TPSA) is 57.7 Å². The molecule has 1 aliphatic heterocycles. The molecular formula is C15H19FN2O3S. The van der Waals surface area contributed by atoms with Crippen LogP contribution in [0.25, 0.3) is 0 Å². The van der Waals surface area contributed by atoms with E-state index in [9.17, 15) is 17.6 Å². The summed E-state index contributed by atoms with van der Waals surface area (Å²) >= 11 is 0. The van der Waals surface area contributed by atoms with Crippen LogP contribution < -0.4 is 0 Å². The van der Waals surface area contributed by atoms with Crippen LogP contribution in [0.3, 0.4) is 0 Å². The largest absolute Gasteiger partial charge is 0.340 e. The van der Waals surface area contributed by atoms with Gasteiger partial charge in [-0.05, 0) is 24.5 Å². The molecule has 2 aliphatic rings. The van der Waals surface area contributed by atoms with E-state index in [4.69, 9.17) is 0 Å². The lowest BCUT2D eigenvalue weighted by molar-refractivity contribution is -0.134. The van der Waals surface area contributed by atoms with Gasteiger partial charge in [0.05, 0.1) is 0 Å². The molecule has 0 spiro atoms. The number of amides is 1. The average Bonchev–Trinajstić information content (AvgIpc) is 3.24. The van der Waals surface area contributed by atoms with E-state index in [2.05, 4.69) is 0 Å². The fraction of sp³-hybridized carbons (Fsp3) is 0.533. The van der Waals surface area contributed by atoms with E-state index in [1.54, 1.807) is 4.90 Å². The summed E-state index contributed by atoms with van der Waals surface area (Å²) in [4.78, 5) is 13.6. The van der Waals surface area contributed by atoms with Crippen molar-refractivity contribution < 1.29 is 17.6 Å². The summed E-state index contributed by atoms with van der Waals surface area (Å²) in [6.45, 7) is 3.21. The van der Waals surface area contributed by atoms with Crippen molar-refractivity contribution in [3.05, 3.63) is 30.1 Å². The van der Waals surface area contributed by atoms with Gasteiger partial charge in [0.2, 0.25) is 15.9 Å². The quantitative estimate of drug-likeness (QED) is 0.842. The molecule has 7 heteroatoms. The Morgan fingerprint density at radius 3 is 2.32 bits per heavy atom. The standard InChI is InChI=1S/C15H19FN2O3S/c1-11-10-12(11)15(19)17-6-8-18(9-7-17)22(20,21)14-5-3-2-4-13(14)16/h2-5,11-12H,6-10H2,1H3. The van der Waals surface area contributed by atoms with Crippen LogP contribution in [0.4, 0.5) is 4.39 Å². The lowest BCUT2D eigenvalue weighted by Crippen LogP contribution is -2.51. The Kier molecular flexibility index (Phi) is 3.94. The Morgan fingerprint density at radius 1 is 1.18 bits per heavy atom. The summed E-state index contributed by atoms with van der Waals surface area (Å²) < 4.78 is 39.9. The highest BCUT2D eigenvalue weighted by molar-refractivity contribution is 7.89. The second kappa shape index (κ2) is 5.62. The highest BCUT2D eigenvalue weighted by Crippen LogP contribution is 2.39. The zero-order chi connectivity index (χ0) is 15.9. The summed E-state index contributed by atoms with van der Waals surface area (Å²) in [7, 11) is -3.84. The van der Waals surface area contributed by atoms with E-state index in [1.807, 2.05) is 6.92 Å². The van der Waals surface area contributed by atoms with Crippen molar-refractivity contribution in [2.45, 2.75) is 18.2 Å². The molecule has 0 N–H and O–H groups in total. The van der Waals surface area contributed by atoms with E-state index >= 15 is 0 Å². The summed E-state index contributed by atoms with van der Waals surface area (Å²) in [6.07, 6.45) is 0.923. The predicted molar refractivity (Wildman–Crippen MR) is 79.0 cm³/mol. The van der Waals surface area contributed by atoms with Crippen LogP contribution in [-0.4, -0.2) is 49.7 Å². The number of benzene rings is 1. The monoisotopic (exact) mass is 326 g/mol. The van der Waals surface area contributed by atoms with E-state index < -0.39 is 15.8 Å². The van der Waals surface area contributed by atoms with Gasteiger partial charge in [-0.25, -0.2) is 12.8 Å². The molecule has 1 aliphatic carbocycles. The van der Waals surface area contributed by atoms with E-state index in [0.717, 1.165) is 12.5 Å². The molecule has 120 valence electrons.